The molecule has 1 amide bonds. The maximum atomic E-state index is 12.3. The zero-order valence-corrected chi connectivity index (χ0v) is 16.3. The largest absolute Gasteiger partial charge is 0.338 e. The molecule has 4 aromatic rings. The first-order chi connectivity index (χ1) is 13.2. The van der Waals surface area contributed by atoms with Gasteiger partial charge in [0.05, 0.1) is 12.1 Å². The molecule has 0 bridgehead atoms. The molecule has 0 aliphatic carbocycles. The van der Waals surface area contributed by atoms with Crippen molar-refractivity contribution in [2.45, 2.75) is 19.8 Å². The minimum absolute atomic E-state index is 0.179. The first kappa shape index (κ1) is 17.6. The molecule has 0 fully saturated rings. The number of hydrogen-bond acceptors (Lipinski definition) is 6. The van der Waals surface area contributed by atoms with Gasteiger partial charge in [-0.25, -0.2) is 4.98 Å². The molecular weight excluding hydrogens is 378 g/mol. The van der Waals surface area contributed by atoms with Crippen LogP contribution in [0.15, 0.2) is 57.1 Å². The standard InChI is InChI=1S/C20H17N3O2S2/c1-2-13-3-5-14(6-4-13)17-10-19(25-23-17)22-18(24)9-16-12-27-20(21-16)15-7-8-26-11-15/h3-8,10-12H,2,9H2,1H3,(H,22,24). The normalized spacial score (nSPS) is 10.9. The lowest BCUT2D eigenvalue weighted by Gasteiger charge is -1.99. The van der Waals surface area contributed by atoms with Crippen LogP contribution >= 0.6 is 22.7 Å². The highest BCUT2D eigenvalue weighted by Crippen LogP contribution is 2.26. The van der Waals surface area contributed by atoms with Crippen LogP contribution in [0.3, 0.4) is 0 Å². The number of carbonyl (C=O) groups is 1. The lowest BCUT2D eigenvalue weighted by molar-refractivity contribution is -0.115. The van der Waals surface area contributed by atoms with Gasteiger partial charge >= 0.3 is 0 Å². The molecule has 0 aliphatic heterocycles. The van der Waals surface area contributed by atoms with E-state index in [4.69, 9.17) is 4.52 Å². The third kappa shape index (κ3) is 4.15. The maximum absolute atomic E-state index is 12.3. The average Bonchev–Trinajstić information content (AvgIpc) is 3.43. The van der Waals surface area contributed by atoms with Crippen LogP contribution in [-0.4, -0.2) is 16.0 Å². The average molecular weight is 396 g/mol. The predicted molar refractivity (Wildman–Crippen MR) is 109 cm³/mol. The van der Waals surface area contributed by atoms with Crippen LogP contribution in [0.25, 0.3) is 21.8 Å². The molecule has 5 nitrogen and oxygen atoms in total. The van der Waals surface area contributed by atoms with E-state index in [-0.39, 0.29) is 12.3 Å². The molecule has 136 valence electrons. The van der Waals surface area contributed by atoms with Gasteiger partial charge in [0.25, 0.3) is 0 Å². The second kappa shape index (κ2) is 7.85. The number of hydrogen-bond donors (Lipinski definition) is 1. The zero-order chi connectivity index (χ0) is 18.6. The number of thiophene rings is 1. The first-order valence-corrected chi connectivity index (χ1v) is 10.4. The van der Waals surface area contributed by atoms with Crippen LogP contribution in [0.1, 0.15) is 18.2 Å². The molecule has 1 N–H and O–H groups in total. The van der Waals surface area contributed by atoms with Gasteiger partial charge in [-0.2, -0.15) is 11.3 Å². The maximum Gasteiger partial charge on any atom is 0.232 e. The number of nitrogens with one attached hydrogen (secondary N) is 1. The molecule has 7 heteroatoms. The number of amides is 1. The van der Waals surface area contributed by atoms with Gasteiger partial charge in [-0.15, -0.1) is 11.3 Å². The minimum atomic E-state index is -0.179. The molecular formula is C20H17N3O2S2. The Labute approximate surface area is 164 Å². The van der Waals surface area contributed by atoms with Crippen LogP contribution in [0.5, 0.6) is 0 Å². The molecule has 0 aliphatic rings. The van der Waals surface area contributed by atoms with Crippen molar-refractivity contribution in [1.82, 2.24) is 10.1 Å². The number of aromatic nitrogens is 2. The van der Waals surface area contributed by atoms with Crippen LogP contribution < -0.4 is 5.32 Å². The van der Waals surface area contributed by atoms with Crippen LogP contribution in [0.4, 0.5) is 5.88 Å². The summed E-state index contributed by atoms with van der Waals surface area (Å²) in [5, 5.41) is 13.7. The molecule has 0 spiro atoms. The van der Waals surface area contributed by atoms with E-state index in [2.05, 4.69) is 34.5 Å². The Hall–Kier alpha value is -2.77. The predicted octanol–water partition coefficient (Wildman–Crippen LogP) is 5.27. The van der Waals surface area contributed by atoms with E-state index in [0.717, 1.165) is 28.2 Å². The fraction of sp³-hybridized carbons (Fsp3) is 0.150. The van der Waals surface area contributed by atoms with E-state index in [9.17, 15) is 4.79 Å². The van der Waals surface area contributed by atoms with E-state index in [1.165, 1.54) is 16.9 Å². The van der Waals surface area contributed by atoms with Crippen molar-refractivity contribution < 1.29 is 9.32 Å². The van der Waals surface area contributed by atoms with Gasteiger partial charge in [-0.05, 0) is 23.4 Å². The molecule has 0 atom stereocenters. The van der Waals surface area contributed by atoms with Crippen molar-refractivity contribution in [1.29, 1.82) is 0 Å². The van der Waals surface area contributed by atoms with Crippen molar-refractivity contribution in [3.63, 3.8) is 0 Å². The van der Waals surface area contributed by atoms with E-state index < -0.39 is 0 Å². The summed E-state index contributed by atoms with van der Waals surface area (Å²) in [6.07, 6.45) is 1.19. The number of carbonyl (C=O) groups excluding carboxylic acids is 1. The Balaban J connectivity index is 1.39. The lowest BCUT2D eigenvalue weighted by atomic mass is 10.1. The number of rotatable bonds is 6. The van der Waals surface area contributed by atoms with Gasteiger partial charge in [0.2, 0.25) is 11.8 Å². The molecule has 0 radical (unpaired) electrons. The molecule has 3 heterocycles. The number of anilines is 1. The van der Waals surface area contributed by atoms with Gasteiger partial charge in [0, 0.05) is 28.0 Å². The summed E-state index contributed by atoms with van der Waals surface area (Å²) in [7, 11) is 0. The molecule has 1 aromatic carbocycles. The van der Waals surface area contributed by atoms with Crippen molar-refractivity contribution in [3.05, 3.63) is 63.8 Å². The number of thiazole rings is 1. The Morgan fingerprint density at radius 1 is 1.15 bits per heavy atom. The summed E-state index contributed by atoms with van der Waals surface area (Å²) < 4.78 is 5.25. The summed E-state index contributed by atoms with van der Waals surface area (Å²) in [6, 6.07) is 11.9. The Kier molecular flexibility index (Phi) is 5.13. The molecule has 0 unspecified atom stereocenters. The zero-order valence-electron chi connectivity index (χ0n) is 14.6. The summed E-state index contributed by atoms with van der Waals surface area (Å²) in [5.41, 5.74) is 4.75. The first-order valence-electron chi connectivity index (χ1n) is 8.54. The molecule has 3 aromatic heterocycles. The highest BCUT2D eigenvalue weighted by molar-refractivity contribution is 7.14. The fourth-order valence-electron chi connectivity index (χ4n) is 2.63. The van der Waals surface area contributed by atoms with E-state index in [0.29, 0.717) is 11.6 Å². The van der Waals surface area contributed by atoms with Crippen molar-refractivity contribution in [3.8, 4) is 21.8 Å². The van der Waals surface area contributed by atoms with E-state index in [1.54, 1.807) is 17.4 Å². The number of nitrogens with zero attached hydrogens (tertiary/aromatic N) is 2. The second-order valence-corrected chi connectivity index (χ2v) is 7.65. The molecule has 0 saturated carbocycles. The van der Waals surface area contributed by atoms with E-state index in [1.807, 2.05) is 34.3 Å². The molecule has 0 saturated heterocycles. The quantitative estimate of drug-likeness (QED) is 0.483. The molecule has 27 heavy (non-hydrogen) atoms. The number of benzene rings is 1. The van der Waals surface area contributed by atoms with Crippen molar-refractivity contribution >= 4 is 34.5 Å². The van der Waals surface area contributed by atoms with E-state index >= 15 is 0 Å². The topological polar surface area (TPSA) is 68.0 Å². The van der Waals surface area contributed by atoms with Crippen molar-refractivity contribution in [2.75, 3.05) is 5.32 Å². The van der Waals surface area contributed by atoms with Crippen molar-refractivity contribution in [2.24, 2.45) is 0 Å². The smallest absolute Gasteiger partial charge is 0.232 e. The lowest BCUT2D eigenvalue weighted by Crippen LogP contribution is -2.14. The van der Waals surface area contributed by atoms with Gasteiger partial charge < -0.3 is 4.52 Å². The highest BCUT2D eigenvalue weighted by atomic mass is 32.1. The minimum Gasteiger partial charge on any atom is -0.338 e. The molecule has 4 rings (SSSR count). The summed E-state index contributed by atoms with van der Waals surface area (Å²) in [5.74, 6) is 0.157. The van der Waals surface area contributed by atoms with Gasteiger partial charge in [0.1, 0.15) is 10.7 Å². The summed E-state index contributed by atoms with van der Waals surface area (Å²) in [6.45, 7) is 2.12. The SMILES string of the molecule is CCc1ccc(-c2cc(NC(=O)Cc3csc(-c4ccsc4)n3)on2)cc1. The summed E-state index contributed by atoms with van der Waals surface area (Å²) in [4.78, 5) is 16.8. The van der Waals surface area contributed by atoms with Gasteiger partial charge in [0.15, 0.2) is 0 Å². The Bertz CT molecular complexity index is 1030. The summed E-state index contributed by atoms with van der Waals surface area (Å²) >= 11 is 3.17. The second-order valence-electron chi connectivity index (χ2n) is 6.01. The Morgan fingerprint density at radius 2 is 2.00 bits per heavy atom. The van der Waals surface area contributed by atoms with Crippen LogP contribution in [0.2, 0.25) is 0 Å². The third-order valence-corrected chi connectivity index (χ3v) is 5.72. The van der Waals surface area contributed by atoms with Gasteiger partial charge in [-0.1, -0.05) is 36.3 Å². The van der Waals surface area contributed by atoms with Crippen LogP contribution in [0, 0.1) is 0 Å². The highest BCUT2D eigenvalue weighted by Gasteiger charge is 2.13. The van der Waals surface area contributed by atoms with Gasteiger partial charge in [-0.3, -0.25) is 10.1 Å². The third-order valence-electron chi connectivity index (χ3n) is 4.09. The Morgan fingerprint density at radius 3 is 2.74 bits per heavy atom. The fourth-order valence-corrected chi connectivity index (χ4v) is 4.17. The monoisotopic (exact) mass is 395 g/mol. The number of aryl methyl sites for hydroxylation is 1. The van der Waals surface area contributed by atoms with Crippen LogP contribution in [-0.2, 0) is 17.6 Å².